The molecule has 0 N–H and O–H groups in total. The topological polar surface area (TPSA) is 48.4 Å². The van der Waals surface area contributed by atoms with Crippen LogP contribution in [0.5, 0.6) is 11.6 Å². The van der Waals surface area contributed by atoms with Crippen molar-refractivity contribution in [3.8, 4) is 11.6 Å². The van der Waals surface area contributed by atoms with Crippen molar-refractivity contribution < 1.29 is 14.3 Å². The number of methoxy groups -OCH3 is 1. The fraction of sp³-hybridized carbons (Fsp3) is 0.200. The Bertz CT molecular complexity index is 706. The van der Waals surface area contributed by atoms with Crippen LogP contribution in [-0.4, -0.2) is 18.1 Å². The van der Waals surface area contributed by atoms with Gasteiger partial charge in [0.05, 0.1) is 18.1 Å². The van der Waals surface area contributed by atoms with Crippen LogP contribution < -0.4 is 4.74 Å². The van der Waals surface area contributed by atoms with E-state index in [4.69, 9.17) is 44.3 Å². The fourth-order valence-electron chi connectivity index (χ4n) is 1.81. The summed E-state index contributed by atoms with van der Waals surface area (Å²) in [6.45, 7) is 1.70. The predicted octanol–water partition coefficient (Wildman–Crippen LogP) is 5.11. The maximum atomic E-state index is 11.7. The first-order valence-corrected chi connectivity index (χ1v) is 7.42. The van der Waals surface area contributed by atoms with Crippen LogP contribution in [0.3, 0.4) is 0 Å². The number of aromatic nitrogens is 1. The van der Waals surface area contributed by atoms with Crippen molar-refractivity contribution in [2.45, 2.75) is 12.8 Å². The molecular formula is C15H12Cl3NO3. The highest BCUT2D eigenvalue weighted by Gasteiger charge is 2.20. The largest absolute Gasteiger partial charge is 0.469 e. The highest BCUT2D eigenvalue weighted by Crippen LogP contribution is 2.35. The Morgan fingerprint density at radius 1 is 1.18 bits per heavy atom. The zero-order valence-corrected chi connectivity index (χ0v) is 14.0. The van der Waals surface area contributed by atoms with Gasteiger partial charge in [0, 0.05) is 11.2 Å². The van der Waals surface area contributed by atoms with E-state index in [1.54, 1.807) is 31.2 Å². The van der Waals surface area contributed by atoms with E-state index in [9.17, 15) is 4.79 Å². The van der Waals surface area contributed by atoms with Crippen LogP contribution in [0.2, 0.25) is 15.1 Å². The van der Waals surface area contributed by atoms with Crippen LogP contribution in [0, 0.1) is 0 Å². The second kappa shape index (κ2) is 7.18. The van der Waals surface area contributed by atoms with E-state index < -0.39 is 11.9 Å². The molecule has 116 valence electrons. The molecule has 1 aromatic carbocycles. The maximum absolute atomic E-state index is 11.7. The third-order valence-electron chi connectivity index (χ3n) is 3.01. The van der Waals surface area contributed by atoms with Crippen molar-refractivity contribution >= 4 is 40.8 Å². The minimum absolute atomic E-state index is 0.174. The highest BCUT2D eigenvalue weighted by atomic mass is 35.5. The molecule has 0 aliphatic heterocycles. The summed E-state index contributed by atoms with van der Waals surface area (Å²) in [5.41, 5.74) is 0.587. The first-order chi connectivity index (χ1) is 10.4. The number of rotatable bonds is 4. The van der Waals surface area contributed by atoms with Gasteiger partial charge in [0.2, 0.25) is 5.88 Å². The normalized spacial score (nSPS) is 11.9. The molecule has 0 bridgehead atoms. The molecule has 0 saturated carbocycles. The van der Waals surface area contributed by atoms with Gasteiger partial charge in [0.1, 0.15) is 10.8 Å². The lowest BCUT2D eigenvalue weighted by Crippen LogP contribution is -2.11. The van der Waals surface area contributed by atoms with Crippen molar-refractivity contribution in [1.82, 2.24) is 4.98 Å². The SMILES string of the molecule is COC(=O)C(C)c1cc(Oc2nccc(Cl)c2Cl)ccc1Cl. The van der Waals surface area contributed by atoms with E-state index in [2.05, 4.69) is 4.98 Å². The third kappa shape index (κ3) is 3.64. The van der Waals surface area contributed by atoms with Gasteiger partial charge in [0.25, 0.3) is 0 Å². The maximum Gasteiger partial charge on any atom is 0.312 e. The molecule has 1 atom stereocenters. The molecule has 0 spiro atoms. The van der Waals surface area contributed by atoms with Crippen LogP contribution in [0.15, 0.2) is 30.5 Å². The molecule has 0 aliphatic carbocycles. The number of nitrogens with zero attached hydrogens (tertiary/aromatic N) is 1. The molecule has 2 rings (SSSR count). The smallest absolute Gasteiger partial charge is 0.312 e. The van der Waals surface area contributed by atoms with Gasteiger partial charge in [-0.1, -0.05) is 34.8 Å². The molecule has 2 aromatic rings. The first-order valence-electron chi connectivity index (χ1n) is 6.29. The Morgan fingerprint density at radius 2 is 1.91 bits per heavy atom. The molecule has 0 amide bonds. The molecular weight excluding hydrogens is 349 g/mol. The third-order valence-corrected chi connectivity index (χ3v) is 4.13. The van der Waals surface area contributed by atoms with Crippen LogP contribution in [0.4, 0.5) is 0 Å². The van der Waals surface area contributed by atoms with E-state index >= 15 is 0 Å². The lowest BCUT2D eigenvalue weighted by Gasteiger charge is -2.13. The van der Waals surface area contributed by atoms with Crippen LogP contribution in [-0.2, 0) is 9.53 Å². The Hall–Kier alpha value is -1.49. The summed E-state index contributed by atoms with van der Waals surface area (Å²) in [7, 11) is 1.32. The van der Waals surface area contributed by atoms with Gasteiger partial charge in [-0.05, 0) is 36.8 Å². The van der Waals surface area contributed by atoms with Gasteiger partial charge in [-0.25, -0.2) is 4.98 Å². The Balaban J connectivity index is 2.33. The van der Waals surface area contributed by atoms with Crippen molar-refractivity contribution in [3.05, 3.63) is 51.1 Å². The van der Waals surface area contributed by atoms with Crippen molar-refractivity contribution in [2.24, 2.45) is 0 Å². The van der Waals surface area contributed by atoms with Crippen LogP contribution >= 0.6 is 34.8 Å². The molecule has 1 unspecified atom stereocenters. The van der Waals surface area contributed by atoms with Gasteiger partial charge < -0.3 is 9.47 Å². The van der Waals surface area contributed by atoms with Crippen molar-refractivity contribution in [2.75, 3.05) is 7.11 Å². The molecule has 1 heterocycles. The van der Waals surface area contributed by atoms with E-state index in [1.807, 2.05) is 0 Å². The molecule has 0 radical (unpaired) electrons. The standard InChI is InChI=1S/C15H12Cl3NO3/c1-8(15(20)21-2)10-7-9(3-4-11(10)16)22-14-13(18)12(17)5-6-19-14/h3-8H,1-2H3. The van der Waals surface area contributed by atoms with Gasteiger partial charge in [0.15, 0.2) is 0 Å². The van der Waals surface area contributed by atoms with Crippen molar-refractivity contribution in [3.63, 3.8) is 0 Å². The number of benzene rings is 1. The Morgan fingerprint density at radius 3 is 2.59 bits per heavy atom. The zero-order valence-electron chi connectivity index (χ0n) is 11.8. The van der Waals surface area contributed by atoms with Crippen molar-refractivity contribution in [1.29, 1.82) is 0 Å². The van der Waals surface area contributed by atoms with E-state index in [0.717, 1.165) is 0 Å². The monoisotopic (exact) mass is 359 g/mol. The number of pyridine rings is 1. The Labute approximate surface area is 142 Å². The highest BCUT2D eigenvalue weighted by molar-refractivity contribution is 6.42. The van der Waals surface area contributed by atoms with E-state index in [1.165, 1.54) is 13.3 Å². The average Bonchev–Trinajstić information content (AvgIpc) is 2.52. The number of halogens is 3. The van der Waals surface area contributed by atoms with E-state index in [-0.39, 0.29) is 10.9 Å². The lowest BCUT2D eigenvalue weighted by atomic mass is 10.0. The van der Waals surface area contributed by atoms with Crippen LogP contribution in [0.1, 0.15) is 18.4 Å². The van der Waals surface area contributed by atoms with Gasteiger partial charge >= 0.3 is 5.97 Å². The minimum atomic E-state index is -0.524. The first kappa shape index (κ1) is 16.9. The minimum Gasteiger partial charge on any atom is -0.469 e. The van der Waals surface area contributed by atoms with Gasteiger partial charge in [-0.15, -0.1) is 0 Å². The lowest BCUT2D eigenvalue weighted by molar-refractivity contribution is -0.141. The molecule has 22 heavy (non-hydrogen) atoms. The summed E-state index contributed by atoms with van der Waals surface area (Å²) in [5.74, 6) is -0.304. The number of carbonyl (C=O) groups is 1. The summed E-state index contributed by atoms with van der Waals surface area (Å²) in [6, 6.07) is 6.48. The fourth-order valence-corrected chi connectivity index (χ4v) is 2.37. The quantitative estimate of drug-likeness (QED) is 0.711. The summed E-state index contributed by atoms with van der Waals surface area (Å²) >= 11 is 18.1. The molecule has 1 aromatic heterocycles. The van der Waals surface area contributed by atoms with E-state index in [0.29, 0.717) is 21.4 Å². The second-order valence-electron chi connectivity index (χ2n) is 4.44. The molecule has 0 saturated heterocycles. The zero-order chi connectivity index (χ0) is 16.3. The number of carbonyl (C=O) groups excluding carboxylic acids is 1. The summed E-state index contributed by atoms with van der Waals surface area (Å²) < 4.78 is 10.3. The van der Waals surface area contributed by atoms with Gasteiger partial charge in [-0.3, -0.25) is 4.79 Å². The number of esters is 1. The molecule has 0 fully saturated rings. The molecule has 4 nitrogen and oxygen atoms in total. The Kier molecular flexibility index (Phi) is 5.51. The summed E-state index contributed by atoms with van der Waals surface area (Å²) in [5, 5.41) is 0.987. The van der Waals surface area contributed by atoms with Crippen LogP contribution in [0.25, 0.3) is 0 Å². The second-order valence-corrected chi connectivity index (χ2v) is 5.63. The summed E-state index contributed by atoms with van der Waals surface area (Å²) in [6.07, 6.45) is 1.48. The predicted molar refractivity (Wildman–Crippen MR) is 86.2 cm³/mol. The number of hydrogen-bond donors (Lipinski definition) is 0. The average molecular weight is 361 g/mol. The van der Waals surface area contributed by atoms with Gasteiger partial charge in [-0.2, -0.15) is 0 Å². The summed E-state index contributed by atoms with van der Waals surface area (Å²) in [4.78, 5) is 15.7. The molecule has 0 aliphatic rings. The molecule has 7 heteroatoms. The number of hydrogen-bond acceptors (Lipinski definition) is 4. The number of ether oxygens (including phenoxy) is 2.